The lowest BCUT2D eigenvalue weighted by Crippen LogP contribution is -2.55. The molecule has 2 aromatic rings. The lowest BCUT2D eigenvalue weighted by Gasteiger charge is -2.37. The highest BCUT2D eigenvalue weighted by molar-refractivity contribution is 5.88. The summed E-state index contributed by atoms with van der Waals surface area (Å²) in [6.45, 7) is 5.07. The fourth-order valence-corrected chi connectivity index (χ4v) is 3.90. The van der Waals surface area contributed by atoms with Crippen LogP contribution in [-0.4, -0.2) is 94.9 Å². The van der Waals surface area contributed by atoms with Gasteiger partial charge in [0.1, 0.15) is 11.5 Å². The summed E-state index contributed by atoms with van der Waals surface area (Å²) in [4.78, 5) is 12.6. The molecule has 30 heavy (non-hydrogen) atoms. The maximum Gasteiger partial charge on any atom is 0.191 e. The monoisotopic (exact) mass is 416 g/mol. The number of nitrogens with one attached hydrogen (secondary N) is 3. The van der Waals surface area contributed by atoms with Gasteiger partial charge in [-0.05, 0) is 33.0 Å². The van der Waals surface area contributed by atoms with Gasteiger partial charge in [-0.25, -0.2) is 0 Å². The molecule has 3 N–H and O–H groups in total. The van der Waals surface area contributed by atoms with E-state index in [0.717, 1.165) is 73.9 Å². The van der Waals surface area contributed by atoms with Crippen molar-refractivity contribution in [3.63, 3.8) is 0 Å². The minimum absolute atomic E-state index is 0.501. The Morgan fingerprint density at radius 1 is 1.17 bits per heavy atom. The first kappa shape index (κ1) is 22.2. The zero-order valence-corrected chi connectivity index (χ0v) is 18.9. The predicted octanol–water partition coefficient (Wildman–Crippen LogP) is 1.53. The number of fused-ring (bicyclic) bond motifs is 1. The van der Waals surface area contributed by atoms with Crippen LogP contribution in [0.1, 0.15) is 12.1 Å². The number of H-pyrrole nitrogens is 1. The van der Waals surface area contributed by atoms with Crippen LogP contribution in [0.3, 0.4) is 0 Å². The first-order valence-electron chi connectivity index (χ1n) is 10.6. The normalized spacial score (nSPS) is 18.6. The van der Waals surface area contributed by atoms with Gasteiger partial charge in [0.2, 0.25) is 0 Å². The molecule has 0 radical (unpaired) electrons. The van der Waals surface area contributed by atoms with Gasteiger partial charge in [-0.15, -0.1) is 0 Å². The molecule has 8 nitrogen and oxygen atoms in total. The average molecular weight is 417 g/mol. The zero-order chi connectivity index (χ0) is 21.5. The standard InChI is InChI=1S/C22H36N6O2/c1-23-22(25-14-17-15-27(2)9-10-28(17)3)24-8-6-7-16-11-19-20(26-16)12-18(29-4)13-21(19)30-5/h11-13,17,26H,6-10,14-15H2,1-5H3,(H2,23,24,25). The zero-order valence-electron chi connectivity index (χ0n) is 18.9. The lowest BCUT2D eigenvalue weighted by atomic mass is 10.2. The molecule has 3 rings (SSSR count). The van der Waals surface area contributed by atoms with E-state index in [0.29, 0.717) is 6.04 Å². The molecule has 2 heterocycles. The van der Waals surface area contributed by atoms with Crippen molar-refractivity contribution < 1.29 is 9.47 Å². The number of guanidine groups is 1. The first-order valence-corrected chi connectivity index (χ1v) is 10.6. The Hall–Kier alpha value is -2.45. The summed E-state index contributed by atoms with van der Waals surface area (Å²) in [5.41, 5.74) is 2.22. The van der Waals surface area contributed by atoms with Crippen molar-refractivity contribution in [2.24, 2.45) is 4.99 Å². The van der Waals surface area contributed by atoms with E-state index in [1.165, 1.54) is 5.69 Å². The third-order valence-electron chi connectivity index (χ3n) is 5.81. The summed E-state index contributed by atoms with van der Waals surface area (Å²) in [6.07, 6.45) is 1.94. The van der Waals surface area contributed by atoms with E-state index >= 15 is 0 Å². The molecule has 1 aromatic heterocycles. The number of rotatable bonds is 8. The Morgan fingerprint density at radius 2 is 2.00 bits per heavy atom. The van der Waals surface area contributed by atoms with E-state index in [1.807, 2.05) is 19.2 Å². The van der Waals surface area contributed by atoms with Gasteiger partial charge in [0.15, 0.2) is 5.96 Å². The number of likely N-dealkylation sites (N-methyl/N-ethyl adjacent to an activating group) is 2. The number of nitrogens with zero attached hydrogens (tertiary/aromatic N) is 3. The fourth-order valence-electron chi connectivity index (χ4n) is 3.90. The van der Waals surface area contributed by atoms with Gasteiger partial charge in [-0.3, -0.25) is 9.89 Å². The summed E-state index contributed by atoms with van der Waals surface area (Å²) in [6, 6.07) is 6.58. The third kappa shape index (κ3) is 5.58. The molecule has 0 saturated carbocycles. The second-order valence-electron chi connectivity index (χ2n) is 7.97. The van der Waals surface area contributed by atoms with E-state index in [4.69, 9.17) is 9.47 Å². The number of benzene rings is 1. The summed E-state index contributed by atoms with van der Waals surface area (Å²) < 4.78 is 10.9. The van der Waals surface area contributed by atoms with Crippen LogP contribution in [0.25, 0.3) is 10.9 Å². The van der Waals surface area contributed by atoms with Gasteiger partial charge < -0.3 is 30.0 Å². The molecule has 1 saturated heterocycles. The van der Waals surface area contributed by atoms with Crippen LogP contribution in [0, 0.1) is 0 Å². The largest absolute Gasteiger partial charge is 0.497 e. The van der Waals surface area contributed by atoms with Gasteiger partial charge in [0.25, 0.3) is 0 Å². The highest BCUT2D eigenvalue weighted by atomic mass is 16.5. The second kappa shape index (κ2) is 10.5. The third-order valence-corrected chi connectivity index (χ3v) is 5.81. The van der Waals surface area contributed by atoms with Crippen LogP contribution in [0.4, 0.5) is 0 Å². The number of aliphatic imine (C=N–C) groups is 1. The highest BCUT2D eigenvalue weighted by Gasteiger charge is 2.22. The molecule has 0 amide bonds. The van der Waals surface area contributed by atoms with Crippen LogP contribution >= 0.6 is 0 Å². The SMILES string of the molecule is CN=C(NCCCc1cc2c(OC)cc(OC)cc2[nH]1)NCC1CN(C)CCN1C. The molecule has 1 fully saturated rings. The van der Waals surface area contributed by atoms with Crippen LogP contribution in [0.5, 0.6) is 11.5 Å². The van der Waals surface area contributed by atoms with Crippen molar-refractivity contribution in [2.45, 2.75) is 18.9 Å². The number of methoxy groups -OCH3 is 2. The van der Waals surface area contributed by atoms with E-state index in [-0.39, 0.29) is 0 Å². The van der Waals surface area contributed by atoms with Crippen LogP contribution in [-0.2, 0) is 6.42 Å². The molecule has 0 aliphatic carbocycles. The Balaban J connectivity index is 1.46. The van der Waals surface area contributed by atoms with Crippen molar-refractivity contribution in [1.29, 1.82) is 0 Å². The molecular weight excluding hydrogens is 380 g/mol. The molecule has 1 aromatic carbocycles. The van der Waals surface area contributed by atoms with E-state index in [2.05, 4.69) is 50.6 Å². The fraction of sp³-hybridized carbons (Fsp3) is 0.591. The Labute approximate surface area is 179 Å². The minimum Gasteiger partial charge on any atom is -0.497 e. The van der Waals surface area contributed by atoms with Crippen molar-refractivity contribution >= 4 is 16.9 Å². The van der Waals surface area contributed by atoms with Gasteiger partial charge in [0.05, 0.1) is 19.7 Å². The Kier molecular flexibility index (Phi) is 7.81. The molecule has 1 aliphatic rings. The smallest absolute Gasteiger partial charge is 0.191 e. The summed E-state index contributed by atoms with van der Waals surface area (Å²) in [5, 5.41) is 7.98. The molecule has 0 bridgehead atoms. The number of aromatic nitrogens is 1. The van der Waals surface area contributed by atoms with Crippen molar-refractivity contribution in [2.75, 3.05) is 68.1 Å². The van der Waals surface area contributed by atoms with Crippen molar-refractivity contribution in [3.8, 4) is 11.5 Å². The Bertz CT molecular complexity index is 850. The first-order chi connectivity index (χ1) is 14.5. The molecular formula is C22H36N6O2. The van der Waals surface area contributed by atoms with Gasteiger partial charge in [-0.1, -0.05) is 0 Å². The quantitative estimate of drug-likeness (QED) is 0.344. The van der Waals surface area contributed by atoms with Crippen LogP contribution in [0.2, 0.25) is 0 Å². The van der Waals surface area contributed by atoms with Gasteiger partial charge in [0, 0.05) is 69.0 Å². The number of piperazine rings is 1. The van der Waals surface area contributed by atoms with Gasteiger partial charge >= 0.3 is 0 Å². The lowest BCUT2D eigenvalue weighted by molar-refractivity contribution is 0.116. The number of ether oxygens (including phenoxy) is 2. The molecule has 1 aliphatic heterocycles. The number of aryl methyl sites for hydroxylation is 1. The second-order valence-corrected chi connectivity index (χ2v) is 7.97. The maximum absolute atomic E-state index is 5.50. The van der Waals surface area contributed by atoms with Crippen LogP contribution < -0.4 is 20.1 Å². The number of aromatic amines is 1. The van der Waals surface area contributed by atoms with Gasteiger partial charge in [-0.2, -0.15) is 0 Å². The maximum atomic E-state index is 5.50. The molecule has 1 unspecified atom stereocenters. The summed E-state index contributed by atoms with van der Waals surface area (Å²) in [7, 11) is 9.56. The molecule has 166 valence electrons. The van der Waals surface area contributed by atoms with Crippen molar-refractivity contribution in [3.05, 3.63) is 23.9 Å². The molecule has 0 spiro atoms. The van der Waals surface area contributed by atoms with Crippen molar-refractivity contribution in [1.82, 2.24) is 25.4 Å². The average Bonchev–Trinajstić information content (AvgIpc) is 3.17. The predicted molar refractivity (Wildman–Crippen MR) is 123 cm³/mol. The summed E-state index contributed by atoms with van der Waals surface area (Å²) in [5.74, 6) is 2.48. The molecule has 1 atom stereocenters. The minimum atomic E-state index is 0.501. The Morgan fingerprint density at radius 3 is 2.73 bits per heavy atom. The topological polar surface area (TPSA) is 77.1 Å². The van der Waals surface area contributed by atoms with E-state index < -0.39 is 0 Å². The highest BCUT2D eigenvalue weighted by Crippen LogP contribution is 2.31. The van der Waals surface area contributed by atoms with Crippen LogP contribution in [0.15, 0.2) is 23.2 Å². The molecule has 8 heteroatoms. The number of hydrogen-bond acceptors (Lipinski definition) is 5. The number of hydrogen-bond donors (Lipinski definition) is 3. The summed E-state index contributed by atoms with van der Waals surface area (Å²) >= 11 is 0. The van der Waals surface area contributed by atoms with E-state index in [1.54, 1.807) is 14.2 Å². The van der Waals surface area contributed by atoms with E-state index in [9.17, 15) is 0 Å².